The van der Waals surface area contributed by atoms with Gasteiger partial charge in [-0.15, -0.1) is 0 Å². The predicted octanol–water partition coefficient (Wildman–Crippen LogP) is 2.62. The lowest BCUT2D eigenvalue weighted by molar-refractivity contribution is 0.0575. The molecule has 3 nitrogen and oxygen atoms in total. The Morgan fingerprint density at radius 1 is 1.26 bits per heavy atom. The molecule has 0 radical (unpaired) electrons. The van der Waals surface area contributed by atoms with E-state index in [1.807, 2.05) is 0 Å². The van der Waals surface area contributed by atoms with Crippen molar-refractivity contribution in [3.8, 4) is 0 Å². The molecular weight excluding hydrogens is 236 g/mol. The standard InChI is InChI=1S/C16H28N2O/c1-13-7-8-15(14(2)11-13)18(4)10-6-5-9-16(3,19)12-17/h7-8,11,19H,5-6,9-10,12,17H2,1-4H3. The Kier molecular flexibility index (Phi) is 5.83. The minimum atomic E-state index is -0.710. The summed E-state index contributed by atoms with van der Waals surface area (Å²) in [7, 11) is 2.12. The van der Waals surface area contributed by atoms with E-state index in [1.54, 1.807) is 6.92 Å². The number of anilines is 1. The summed E-state index contributed by atoms with van der Waals surface area (Å²) in [5.41, 5.74) is 8.71. The molecule has 0 heterocycles. The van der Waals surface area contributed by atoms with Gasteiger partial charge in [-0.1, -0.05) is 17.7 Å². The fraction of sp³-hybridized carbons (Fsp3) is 0.625. The molecule has 1 atom stereocenters. The average molecular weight is 264 g/mol. The first-order valence-electron chi connectivity index (χ1n) is 7.06. The first-order valence-corrected chi connectivity index (χ1v) is 7.06. The van der Waals surface area contributed by atoms with E-state index in [2.05, 4.69) is 44.0 Å². The topological polar surface area (TPSA) is 49.5 Å². The summed E-state index contributed by atoms with van der Waals surface area (Å²) in [6, 6.07) is 6.55. The molecule has 1 aromatic rings. The molecule has 1 rings (SSSR count). The average Bonchev–Trinajstić information content (AvgIpc) is 2.34. The number of rotatable bonds is 7. The first-order chi connectivity index (χ1) is 8.85. The van der Waals surface area contributed by atoms with Crippen molar-refractivity contribution < 1.29 is 5.11 Å². The van der Waals surface area contributed by atoms with Crippen molar-refractivity contribution in [2.24, 2.45) is 5.73 Å². The van der Waals surface area contributed by atoms with Crippen molar-refractivity contribution in [3.63, 3.8) is 0 Å². The first kappa shape index (κ1) is 16.0. The van der Waals surface area contributed by atoms with E-state index in [0.29, 0.717) is 6.54 Å². The smallest absolute Gasteiger partial charge is 0.0741 e. The summed E-state index contributed by atoms with van der Waals surface area (Å²) in [6.07, 6.45) is 2.84. The maximum absolute atomic E-state index is 9.84. The third-order valence-corrected chi connectivity index (χ3v) is 3.66. The van der Waals surface area contributed by atoms with Gasteiger partial charge in [0.15, 0.2) is 0 Å². The molecule has 0 saturated heterocycles. The van der Waals surface area contributed by atoms with Crippen molar-refractivity contribution in [2.45, 2.75) is 45.6 Å². The SMILES string of the molecule is Cc1ccc(N(C)CCCCC(C)(O)CN)c(C)c1. The van der Waals surface area contributed by atoms with Gasteiger partial charge in [0.2, 0.25) is 0 Å². The monoisotopic (exact) mass is 264 g/mol. The number of benzene rings is 1. The molecule has 108 valence electrons. The molecule has 1 aromatic carbocycles. The van der Waals surface area contributed by atoms with E-state index in [4.69, 9.17) is 5.73 Å². The Labute approximate surface area is 117 Å². The molecular formula is C16H28N2O. The van der Waals surface area contributed by atoms with Crippen molar-refractivity contribution >= 4 is 5.69 Å². The highest BCUT2D eigenvalue weighted by molar-refractivity contribution is 5.53. The van der Waals surface area contributed by atoms with E-state index in [0.717, 1.165) is 25.8 Å². The Morgan fingerprint density at radius 3 is 2.53 bits per heavy atom. The summed E-state index contributed by atoms with van der Waals surface area (Å²) >= 11 is 0. The number of hydrogen-bond donors (Lipinski definition) is 2. The van der Waals surface area contributed by atoms with E-state index < -0.39 is 5.60 Å². The van der Waals surface area contributed by atoms with Gasteiger partial charge in [-0.25, -0.2) is 0 Å². The molecule has 0 spiro atoms. The zero-order valence-electron chi connectivity index (χ0n) is 12.7. The van der Waals surface area contributed by atoms with Crippen molar-refractivity contribution in [3.05, 3.63) is 29.3 Å². The number of nitrogens with zero attached hydrogens (tertiary/aromatic N) is 1. The molecule has 0 saturated carbocycles. The van der Waals surface area contributed by atoms with Crippen LogP contribution in [0.25, 0.3) is 0 Å². The van der Waals surface area contributed by atoms with Crippen LogP contribution in [0, 0.1) is 13.8 Å². The Bertz CT molecular complexity index is 402. The molecule has 0 amide bonds. The maximum atomic E-state index is 9.84. The number of aryl methyl sites for hydroxylation is 2. The van der Waals surface area contributed by atoms with Gasteiger partial charge in [-0.05, 0) is 51.7 Å². The van der Waals surface area contributed by atoms with Crippen molar-refractivity contribution in [2.75, 3.05) is 25.0 Å². The highest BCUT2D eigenvalue weighted by Gasteiger charge is 2.16. The van der Waals surface area contributed by atoms with Crippen LogP contribution < -0.4 is 10.6 Å². The van der Waals surface area contributed by atoms with Crippen LogP contribution in [0.2, 0.25) is 0 Å². The quantitative estimate of drug-likeness (QED) is 0.744. The predicted molar refractivity (Wildman–Crippen MR) is 82.7 cm³/mol. The zero-order chi connectivity index (χ0) is 14.5. The Hall–Kier alpha value is -1.06. The lowest BCUT2D eigenvalue weighted by atomic mass is 9.99. The normalized spacial score (nSPS) is 14.2. The van der Waals surface area contributed by atoms with Crippen molar-refractivity contribution in [1.29, 1.82) is 0 Å². The molecule has 0 bridgehead atoms. The number of nitrogens with two attached hydrogens (primary N) is 1. The van der Waals surface area contributed by atoms with E-state index in [9.17, 15) is 5.11 Å². The fourth-order valence-corrected chi connectivity index (χ4v) is 2.31. The van der Waals surface area contributed by atoms with Gasteiger partial charge in [-0.2, -0.15) is 0 Å². The van der Waals surface area contributed by atoms with Crippen LogP contribution >= 0.6 is 0 Å². The fourth-order valence-electron chi connectivity index (χ4n) is 2.31. The molecule has 3 heteroatoms. The summed E-state index contributed by atoms with van der Waals surface area (Å²) in [6.45, 7) is 7.41. The number of unbranched alkanes of at least 4 members (excludes halogenated alkanes) is 1. The number of aliphatic hydroxyl groups is 1. The third kappa shape index (κ3) is 5.21. The minimum absolute atomic E-state index is 0.333. The molecule has 1 unspecified atom stereocenters. The Morgan fingerprint density at radius 2 is 1.95 bits per heavy atom. The second kappa shape index (κ2) is 6.92. The van der Waals surface area contributed by atoms with Crippen LogP contribution in [0.5, 0.6) is 0 Å². The van der Waals surface area contributed by atoms with Gasteiger partial charge < -0.3 is 15.7 Å². The molecule has 0 aliphatic rings. The van der Waals surface area contributed by atoms with Crippen LogP contribution in [0.1, 0.15) is 37.3 Å². The lowest BCUT2D eigenvalue weighted by Gasteiger charge is -2.24. The summed E-state index contributed by atoms with van der Waals surface area (Å²) in [4.78, 5) is 2.28. The second-order valence-corrected chi connectivity index (χ2v) is 5.87. The summed E-state index contributed by atoms with van der Waals surface area (Å²) in [5.74, 6) is 0. The van der Waals surface area contributed by atoms with Gasteiger partial charge in [0.1, 0.15) is 0 Å². The van der Waals surface area contributed by atoms with Gasteiger partial charge >= 0.3 is 0 Å². The molecule has 0 aliphatic carbocycles. The van der Waals surface area contributed by atoms with E-state index in [1.165, 1.54) is 16.8 Å². The van der Waals surface area contributed by atoms with Gasteiger partial charge in [0.25, 0.3) is 0 Å². The van der Waals surface area contributed by atoms with Crippen LogP contribution in [0.4, 0.5) is 5.69 Å². The lowest BCUT2D eigenvalue weighted by Crippen LogP contribution is -2.34. The van der Waals surface area contributed by atoms with E-state index >= 15 is 0 Å². The summed E-state index contributed by atoms with van der Waals surface area (Å²) in [5, 5.41) is 9.84. The summed E-state index contributed by atoms with van der Waals surface area (Å²) < 4.78 is 0. The minimum Gasteiger partial charge on any atom is -0.389 e. The molecule has 0 aromatic heterocycles. The second-order valence-electron chi connectivity index (χ2n) is 5.87. The van der Waals surface area contributed by atoms with Crippen LogP contribution in [-0.4, -0.2) is 30.8 Å². The largest absolute Gasteiger partial charge is 0.389 e. The Balaban J connectivity index is 2.41. The van der Waals surface area contributed by atoms with Gasteiger partial charge in [0, 0.05) is 25.8 Å². The molecule has 0 fully saturated rings. The van der Waals surface area contributed by atoms with Gasteiger partial charge in [-0.3, -0.25) is 0 Å². The number of hydrogen-bond acceptors (Lipinski definition) is 3. The van der Waals surface area contributed by atoms with Gasteiger partial charge in [0.05, 0.1) is 5.60 Å². The highest BCUT2D eigenvalue weighted by Crippen LogP contribution is 2.20. The highest BCUT2D eigenvalue weighted by atomic mass is 16.3. The maximum Gasteiger partial charge on any atom is 0.0741 e. The van der Waals surface area contributed by atoms with Crippen LogP contribution in [0.3, 0.4) is 0 Å². The molecule has 0 aliphatic heterocycles. The van der Waals surface area contributed by atoms with E-state index in [-0.39, 0.29) is 0 Å². The molecule has 3 N–H and O–H groups in total. The van der Waals surface area contributed by atoms with Crippen molar-refractivity contribution in [1.82, 2.24) is 0 Å². The van der Waals surface area contributed by atoms with Crippen LogP contribution in [-0.2, 0) is 0 Å². The zero-order valence-corrected chi connectivity index (χ0v) is 12.7. The third-order valence-electron chi connectivity index (χ3n) is 3.66. The molecule has 19 heavy (non-hydrogen) atoms. The van der Waals surface area contributed by atoms with Crippen LogP contribution in [0.15, 0.2) is 18.2 Å².